The van der Waals surface area contributed by atoms with E-state index in [1.54, 1.807) is 6.92 Å². The summed E-state index contributed by atoms with van der Waals surface area (Å²) >= 11 is 0. The summed E-state index contributed by atoms with van der Waals surface area (Å²) in [6, 6.07) is 2.34. The van der Waals surface area contributed by atoms with Crippen molar-refractivity contribution >= 4 is 15.7 Å². The van der Waals surface area contributed by atoms with Gasteiger partial charge in [-0.3, -0.25) is 0 Å². The van der Waals surface area contributed by atoms with Gasteiger partial charge < -0.3 is 10.5 Å². The van der Waals surface area contributed by atoms with Crippen molar-refractivity contribution in [2.24, 2.45) is 0 Å². The molecule has 0 radical (unpaired) electrons. The Morgan fingerprint density at radius 1 is 1.47 bits per heavy atom. The van der Waals surface area contributed by atoms with E-state index in [1.807, 2.05) is 6.92 Å². The van der Waals surface area contributed by atoms with E-state index >= 15 is 0 Å². The molecule has 1 aromatic carbocycles. The molecule has 3 N–H and O–H groups in total. The summed E-state index contributed by atoms with van der Waals surface area (Å²) in [4.78, 5) is -0.145. The van der Waals surface area contributed by atoms with Gasteiger partial charge in [0, 0.05) is 24.4 Å². The minimum Gasteiger partial charge on any atom is -0.399 e. The van der Waals surface area contributed by atoms with Crippen LogP contribution in [0.1, 0.15) is 19.4 Å². The lowest BCUT2D eigenvalue weighted by molar-refractivity contribution is 0.0799. The zero-order valence-electron chi connectivity index (χ0n) is 11.2. The van der Waals surface area contributed by atoms with Crippen molar-refractivity contribution in [1.82, 2.24) is 4.72 Å². The predicted octanol–water partition coefficient (Wildman–Crippen LogP) is 1.42. The molecule has 108 valence electrons. The Balaban J connectivity index is 2.95. The second kappa shape index (κ2) is 6.31. The van der Waals surface area contributed by atoms with E-state index in [2.05, 4.69) is 4.72 Å². The normalized spacial score (nSPS) is 13.5. The summed E-state index contributed by atoms with van der Waals surface area (Å²) in [6.07, 6.45) is -0.258. The monoisotopic (exact) mass is 290 g/mol. The molecule has 0 saturated heterocycles. The first kappa shape index (κ1) is 15.9. The highest BCUT2D eigenvalue weighted by molar-refractivity contribution is 7.89. The summed E-state index contributed by atoms with van der Waals surface area (Å²) in [5, 5.41) is 0. The average Bonchev–Trinajstić information content (AvgIpc) is 2.31. The molecule has 0 aromatic heterocycles. The van der Waals surface area contributed by atoms with Gasteiger partial charge in [0.15, 0.2) is 0 Å². The predicted molar refractivity (Wildman–Crippen MR) is 71.8 cm³/mol. The van der Waals surface area contributed by atoms with Crippen LogP contribution in [0.3, 0.4) is 0 Å². The molecule has 0 fully saturated rings. The van der Waals surface area contributed by atoms with Crippen LogP contribution in [0, 0.1) is 12.7 Å². The molecule has 1 unspecified atom stereocenters. The summed E-state index contributed by atoms with van der Waals surface area (Å²) in [6.45, 7) is 5.58. The Labute approximate surface area is 113 Å². The number of sulfonamides is 1. The molecule has 0 aliphatic rings. The van der Waals surface area contributed by atoms with E-state index < -0.39 is 15.8 Å². The highest BCUT2D eigenvalue weighted by Crippen LogP contribution is 2.21. The third-order valence-corrected chi connectivity index (χ3v) is 4.17. The standard InChI is InChI=1S/C12H19FN2O3S/c1-4-18-8(2)7-15-19(16,17)12-6-10(14)5-11(13)9(12)3/h5-6,8,15H,4,7,14H2,1-3H3. The Morgan fingerprint density at radius 2 is 2.11 bits per heavy atom. The van der Waals surface area contributed by atoms with Gasteiger partial charge >= 0.3 is 0 Å². The van der Waals surface area contributed by atoms with Crippen LogP contribution in [0.2, 0.25) is 0 Å². The molecule has 0 heterocycles. The van der Waals surface area contributed by atoms with Gasteiger partial charge in [-0.1, -0.05) is 0 Å². The summed E-state index contributed by atoms with van der Waals surface area (Å²) < 4.78 is 45.3. The maximum atomic E-state index is 13.5. The first-order chi connectivity index (χ1) is 8.77. The fraction of sp³-hybridized carbons (Fsp3) is 0.500. The van der Waals surface area contributed by atoms with Crippen LogP contribution in [-0.2, 0) is 14.8 Å². The third kappa shape index (κ3) is 4.15. The second-order valence-electron chi connectivity index (χ2n) is 4.24. The Hall–Kier alpha value is -1.18. The number of halogens is 1. The number of nitrogens with two attached hydrogens (primary N) is 1. The molecule has 19 heavy (non-hydrogen) atoms. The molecule has 1 aromatic rings. The van der Waals surface area contributed by atoms with E-state index in [0.717, 1.165) is 6.07 Å². The first-order valence-electron chi connectivity index (χ1n) is 5.94. The molecule has 0 bridgehead atoms. The lowest BCUT2D eigenvalue weighted by Gasteiger charge is -2.14. The summed E-state index contributed by atoms with van der Waals surface area (Å²) in [7, 11) is -3.80. The van der Waals surface area contributed by atoms with Gasteiger partial charge in [-0.15, -0.1) is 0 Å². The van der Waals surface area contributed by atoms with Gasteiger partial charge in [-0.25, -0.2) is 17.5 Å². The van der Waals surface area contributed by atoms with E-state index in [9.17, 15) is 12.8 Å². The molecule has 1 rings (SSSR count). The minimum atomic E-state index is -3.80. The molecule has 0 spiro atoms. The van der Waals surface area contributed by atoms with Crippen LogP contribution in [0.4, 0.5) is 10.1 Å². The topological polar surface area (TPSA) is 81.4 Å². The molecule has 0 amide bonds. The van der Waals surface area contributed by atoms with Crippen molar-refractivity contribution in [2.75, 3.05) is 18.9 Å². The number of hydrogen-bond acceptors (Lipinski definition) is 4. The van der Waals surface area contributed by atoms with Gasteiger partial charge in [-0.05, 0) is 32.9 Å². The third-order valence-electron chi connectivity index (χ3n) is 2.62. The Bertz CT molecular complexity index is 546. The van der Waals surface area contributed by atoms with E-state index in [1.165, 1.54) is 13.0 Å². The van der Waals surface area contributed by atoms with Crippen molar-refractivity contribution in [3.8, 4) is 0 Å². The fourth-order valence-electron chi connectivity index (χ4n) is 1.60. The van der Waals surface area contributed by atoms with Crippen LogP contribution in [-0.4, -0.2) is 27.7 Å². The fourth-order valence-corrected chi connectivity index (χ4v) is 3.00. The van der Waals surface area contributed by atoms with Crippen LogP contribution in [0.5, 0.6) is 0 Å². The van der Waals surface area contributed by atoms with Crippen molar-refractivity contribution in [2.45, 2.75) is 31.8 Å². The van der Waals surface area contributed by atoms with Crippen molar-refractivity contribution in [3.05, 3.63) is 23.5 Å². The van der Waals surface area contributed by atoms with Gasteiger partial charge in [0.1, 0.15) is 5.82 Å². The molecular weight excluding hydrogens is 271 g/mol. The Kier molecular flexibility index (Phi) is 5.28. The smallest absolute Gasteiger partial charge is 0.241 e. The van der Waals surface area contributed by atoms with Gasteiger partial charge in [0.05, 0.1) is 11.0 Å². The van der Waals surface area contributed by atoms with Crippen LogP contribution in [0.25, 0.3) is 0 Å². The number of nitrogens with one attached hydrogen (secondary N) is 1. The van der Waals surface area contributed by atoms with Gasteiger partial charge in [0.25, 0.3) is 0 Å². The molecule has 5 nitrogen and oxygen atoms in total. The maximum absolute atomic E-state index is 13.5. The number of ether oxygens (including phenoxy) is 1. The highest BCUT2D eigenvalue weighted by Gasteiger charge is 2.20. The van der Waals surface area contributed by atoms with E-state index in [0.29, 0.717) is 6.61 Å². The largest absolute Gasteiger partial charge is 0.399 e. The van der Waals surface area contributed by atoms with Gasteiger partial charge in [0.2, 0.25) is 10.0 Å². The number of benzene rings is 1. The van der Waals surface area contributed by atoms with Gasteiger partial charge in [-0.2, -0.15) is 0 Å². The Morgan fingerprint density at radius 3 is 2.68 bits per heavy atom. The maximum Gasteiger partial charge on any atom is 0.241 e. The molecule has 0 saturated carbocycles. The molecular formula is C12H19FN2O3S. The zero-order valence-corrected chi connectivity index (χ0v) is 12.1. The lowest BCUT2D eigenvalue weighted by atomic mass is 10.2. The lowest BCUT2D eigenvalue weighted by Crippen LogP contribution is -2.32. The van der Waals surface area contributed by atoms with Crippen molar-refractivity contribution < 1.29 is 17.5 Å². The molecule has 0 aliphatic heterocycles. The average molecular weight is 290 g/mol. The van der Waals surface area contributed by atoms with Crippen molar-refractivity contribution in [3.63, 3.8) is 0 Å². The molecule has 0 aliphatic carbocycles. The molecule has 7 heteroatoms. The summed E-state index contributed by atoms with van der Waals surface area (Å²) in [5.41, 5.74) is 5.59. The quantitative estimate of drug-likeness (QED) is 0.776. The van der Waals surface area contributed by atoms with Crippen LogP contribution in [0.15, 0.2) is 17.0 Å². The zero-order chi connectivity index (χ0) is 14.6. The van der Waals surface area contributed by atoms with Crippen LogP contribution < -0.4 is 10.5 Å². The number of hydrogen-bond donors (Lipinski definition) is 2. The highest BCUT2D eigenvalue weighted by atomic mass is 32.2. The van der Waals surface area contributed by atoms with E-state index in [4.69, 9.17) is 10.5 Å². The first-order valence-corrected chi connectivity index (χ1v) is 7.43. The minimum absolute atomic E-state index is 0.0470. The van der Waals surface area contributed by atoms with Crippen LogP contribution >= 0.6 is 0 Å². The summed E-state index contributed by atoms with van der Waals surface area (Å²) in [5.74, 6) is -0.641. The number of anilines is 1. The van der Waals surface area contributed by atoms with E-state index in [-0.39, 0.29) is 28.8 Å². The SMILES string of the molecule is CCOC(C)CNS(=O)(=O)c1cc(N)cc(F)c1C. The van der Waals surface area contributed by atoms with Crippen molar-refractivity contribution in [1.29, 1.82) is 0 Å². The molecule has 1 atom stereocenters. The second-order valence-corrected chi connectivity index (χ2v) is 5.98. The number of nitrogen functional groups attached to an aromatic ring is 1. The number of rotatable bonds is 6.